The number of allylic oxidation sites excluding steroid dienone is 3. The Balaban J connectivity index is 1.06. The lowest BCUT2D eigenvalue weighted by Gasteiger charge is -2.72. The monoisotopic (exact) mass is 1270 g/mol. The second kappa shape index (κ2) is 25.7. The molecule has 506 valence electrons. The molecule has 4 heterocycles. The van der Waals surface area contributed by atoms with Gasteiger partial charge in [0.1, 0.15) is 91.6 Å². The summed E-state index contributed by atoms with van der Waals surface area (Å²) in [6.45, 7) is 19.8. The maximum atomic E-state index is 13.6. The van der Waals surface area contributed by atoms with Gasteiger partial charge in [-0.25, -0.2) is 9.59 Å². The Hall–Kier alpha value is -3.40. The van der Waals surface area contributed by atoms with Crippen molar-refractivity contribution in [1.82, 2.24) is 0 Å². The number of esters is 3. The standard InChI is InChI=1S/C62H96O27/c1-13-25(2)52(78)89-49-50(82-28(5)66)62(24-64)30(20-57(49,6)7)29-14-15-34-59(10)18-17-35(58(8,9)33(59)16-19-60(34,11)61(29,12)21-36(62)81-27(4)65)84-56-48(88-54-43(74)41(72)39(70)32(22-63)83-54)45(44(75)46(86-56)51(76)77)85-55-47(38(69)31(67)23-79-55)87-53-42(73)40(71)37(68)26(3)80-53/h13-14,26,30-50,53-56,63-64,67-75H,15-24H2,1-12H3,(H,76,77)/b25-13-/t26-,30-,31-,32+,33-,34+,35-,36+,37-,38-,39-,40+,41-,42+,43+,44-,45-,46-,47+,48+,49-,50-,53-,54-,55-,56+,59-,60+,61+,62-/m0/s1. The lowest BCUT2D eigenvalue weighted by Crippen LogP contribution is -2.73. The predicted molar refractivity (Wildman–Crippen MR) is 302 cm³/mol. The summed E-state index contributed by atoms with van der Waals surface area (Å²) in [5, 5.41) is 132. The minimum absolute atomic E-state index is 0.0468. The Kier molecular flexibility index (Phi) is 20.2. The number of hydrogen-bond donors (Lipinski definition) is 12. The fraction of sp³-hybridized carbons (Fsp3) is 0.871. The van der Waals surface area contributed by atoms with Crippen LogP contribution in [0, 0.1) is 50.2 Å². The number of aliphatic hydroxyl groups is 11. The number of carboxylic acid groups (broad SMARTS) is 1. The highest BCUT2D eigenvalue weighted by atomic mass is 16.8. The van der Waals surface area contributed by atoms with Gasteiger partial charge in [-0.15, -0.1) is 0 Å². The highest BCUT2D eigenvalue weighted by Gasteiger charge is 2.75. The SMILES string of the molecule is C/C=C(/C)C(=O)O[C@H]1[C@H](OC(C)=O)[C@]2(CO)[C@H](OC(C)=O)C[C@]3(C)C(=CC[C@@H]4[C@@]5(C)CC[C@H](O[C@@H]6O[C@H](C(=O)O)[C@@H](O)[C@H](O[C@@H]7OC[C@H](O)[C@H](O)[C@H]7O[C@@H]7O[C@@H](C)[C@H](O)[C@@H](O)[C@H]7O)[C@H]6O[C@@H]6O[C@H](CO)[C@H](O)[C@H](O)[C@H]6O)C(C)(C)[C@@H]5CC[C@]43C)[C@@H]2CC1(C)C. The van der Waals surface area contributed by atoms with Crippen LogP contribution in [0.25, 0.3) is 0 Å². The normalized spacial score (nSPS) is 49.5. The summed E-state index contributed by atoms with van der Waals surface area (Å²) >= 11 is 0. The van der Waals surface area contributed by atoms with E-state index in [0.29, 0.717) is 44.1 Å². The predicted octanol–water partition coefficient (Wildman–Crippen LogP) is -0.232. The molecule has 4 aliphatic heterocycles. The van der Waals surface area contributed by atoms with E-state index in [1.165, 1.54) is 20.8 Å². The topological polar surface area (TPSA) is 413 Å². The fourth-order valence-electron chi connectivity index (χ4n) is 17.7. The summed E-state index contributed by atoms with van der Waals surface area (Å²) in [6, 6.07) is 0. The molecular formula is C62H96O27. The van der Waals surface area contributed by atoms with Gasteiger partial charge in [0.15, 0.2) is 37.4 Å². The summed E-state index contributed by atoms with van der Waals surface area (Å²) < 4.78 is 68.0. The smallest absolute Gasteiger partial charge is 0.335 e. The van der Waals surface area contributed by atoms with Crippen molar-refractivity contribution >= 4 is 23.9 Å². The molecule has 0 unspecified atom stereocenters. The van der Waals surface area contributed by atoms with Crippen molar-refractivity contribution in [3.05, 3.63) is 23.3 Å². The molecule has 27 heteroatoms. The highest BCUT2D eigenvalue weighted by Crippen LogP contribution is 2.76. The molecule has 8 fully saturated rings. The molecular weight excluding hydrogens is 1180 g/mol. The van der Waals surface area contributed by atoms with Gasteiger partial charge in [-0.05, 0) is 105 Å². The van der Waals surface area contributed by atoms with Crippen molar-refractivity contribution in [1.29, 1.82) is 0 Å². The Labute approximate surface area is 517 Å². The van der Waals surface area contributed by atoms with Crippen molar-refractivity contribution in [2.45, 2.75) is 269 Å². The third kappa shape index (κ3) is 11.9. The van der Waals surface area contributed by atoms with Gasteiger partial charge in [-0.1, -0.05) is 66.2 Å². The van der Waals surface area contributed by atoms with Gasteiger partial charge in [-0.2, -0.15) is 0 Å². The van der Waals surface area contributed by atoms with Gasteiger partial charge >= 0.3 is 23.9 Å². The lowest BCUT2D eigenvalue weighted by molar-refractivity contribution is -0.400. The molecule has 4 saturated heterocycles. The maximum absolute atomic E-state index is 13.6. The van der Waals surface area contributed by atoms with Gasteiger partial charge in [-0.3, -0.25) is 9.59 Å². The molecule has 0 spiro atoms. The van der Waals surface area contributed by atoms with Crippen LogP contribution in [0.3, 0.4) is 0 Å². The van der Waals surface area contributed by atoms with Crippen LogP contribution in [0.15, 0.2) is 23.3 Å². The summed E-state index contributed by atoms with van der Waals surface area (Å²) in [7, 11) is 0. The number of hydrogen-bond acceptors (Lipinski definition) is 26. The largest absolute Gasteiger partial charge is 0.479 e. The van der Waals surface area contributed by atoms with Gasteiger partial charge in [0, 0.05) is 24.8 Å². The first-order valence-corrected chi connectivity index (χ1v) is 31.2. The molecule has 9 aliphatic rings. The Morgan fingerprint density at radius 1 is 0.629 bits per heavy atom. The van der Waals surface area contributed by atoms with Crippen molar-refractivity contribution in [2.24, 2.45) is 50.2 Å². The first kappa shape index (κ1) is 69.9. The van der Waals surface area contributed by atoms with Crippen molar-refractivity contribution in [3.63, 3.8) is 0 Å². The molecule has 0 aromatic heterocycles. The minimum atomic E-state index is -2.23. The van der Waals surface area contributed by atoms with E-state index in [0.717, 1.165) is 5.57 Å². The average Bonchev–Trinajstić information content (AvgIpc) is 0.670. The number of ether oxygens (including phenoxy) is 11. The number of carbonyl (C=O) groups excluding carboxylic acids is 3. The molecule has 89 heavy (non-hydrogen) atoms. The van der Waals surface area contributed by atoms with Crippen LogP contribution in [0.4, 0.5) is 0 Å². The molecule has 0 bridgehead atoms. The van der Waals surface area contributed by atoms with Gasteiger partial charge < -0.3 is 113 Å². The number of aliphatic hydroxyl groups excluding tert-OH is 11. The zero-order chi connectivity index (χ0) is 65.7. The van der Waals surface area contributed by atoms with E-state index in [9.17, 15) is 80.5 Å². The molecule has 0 aromatic rings. The van der Waals surface area contributed by atoms with Crippen LogP contribution in [0.2, 0.25) is 0 Å². The van der Waals surface area contributed by atoms with E-state index < -0.39 is 223 Å². The minimum Gasteiger partial charge on any atom is -0.479 e. The van der Waals surface area contributed by atoms with Crippen LogP contribution in [0.1, 0.15) is 128 Å². The number of fused-ring (bicyclic) bond motifs is 7. The lowest BCUT2D eigenvalue weighted by atomic mass is 9.33. The molecule has 0 amide bonds. The van der Waals surface area contributed by atoms with Crippen LogP contribution < -0.4 is 0 Å². The number of carbonyl (C=O) groups is 4. The summed E-state index contributed by atoms with van der Waals surface area (Å²) in [4.78, 5) is 53.5. The first-order valence-electron chi connectivity index (χ1n) is 31.2. The molecule has 4 saturated carbocycles. The molecule has 0 aromatic carbocycles. The second-order valence-electron chi connectivity index (χ2n) is 28.6. The number of carboxylic acids is 1. The van der Waals surface area contributed by atoms with Gasteiger partial charge in [0.25, 0.3) is 0 Å². The summed E-state index contributed by atoms with van der Waals surface area (Å²) in [6.07, 6.45) is -32.1. The highest BCUT2D eigenvalue weighted by molar-refractivity contribution is 5.87. The van der Waals surface area contributed by atoms with Gasteiger partial charge in [0.2, 0.25) is 0 Å². The molecule has 5 aliphatic carbocycles. The van der Waals surface area contributed by atoms with Crippen LogP contribution in [-0.4, -0.2) is 246 Å². The summed E-state index contributed by atoms with van der Waals surface area (Å²) in [5.74, 6) is -4.31. The van der Waals surface area contributed by atoms with E-state index in [1.807, 2.05) is 27.7 Å². The van der Waals surface area contributed by atoms with Crippen molar-refractivity contribution < 1.29 is 133 Å². The van der Waals surface area contributed by atoms with E-state index >= 15 is 0 Å². The van der Waals surface area contributed by atoms with E-state index in [1.54, 1.807) is 19.9 Å². The van der Waals surface area contributed by atoms with Crippen LogP contribution >= 0.6 is 0 Å². The van der Waals surface area contributed by atoms with Crippen molar-refractivity contribution in [3.8, 4) is 0 Å². The Bertz CT molecular complexity index is 2650. The third-order valence-corrected chi connectivity index (χ3v) is 22.9. The molecule has 12 N–H and O–H groups in total. The molecule has 0 radical (unpaired) electrons. The second-order valence-corrected chi connectivity index (χ2v) is 28.6. The molecule has 9 rings (SSSR count). The zero-order valence-electron chi connectivity index (χ0n) is 52.7. The average molecular weight is 1270 g/mol. The van der Waals surface area contributed by atoms with Crippen LogP contribution in [0.5, 0.6) is 0 Å². The quantitative estimate of drug-likeness (QED) is 0.0331. The molecule has 30 atom stereocenters. The van der Waals surface area contributed by atoms with E-state index in [-0.39, 0.29) is 18.3 Å². The number of rotatable bonds is 15. The Morgan fingerprint density at radius 3 is 1.85 bits per heavy atom. The summed E-state index contributed by atoms with van der Waals surface area (Å²) in [5.41, 5.74) is -3.41. The molecule has 27 nitrogen and oxygen atoms in total. The van der Waals surface area contributed by atoms with Gasteiger partial charge in [0.05, 0.1) is 37.4 Å². The first-order chi connectivity index (χ1) is 41.5. The number of aliphatic carboxylic acids is 1. The Morgan fingerprint density at radius 2 is 1.25 bits per heavy atom. The van der Waals surface area contributed by atoms with Crippen molar-refractivity contribution in [2.75, 3.05) is 19.8 Å². The maximum Gasteiger partial charge on any atom is 0.335 e. The van der Waals surface area contributed by atoms with E-state index in [4.69, 9.17) is 52.1 Å². The zero-order valence-corrected chi connectivity index (χ0v) is 52.7. The van der Waals surface area contributed by atoms with Crippen LogP contribution in [-0.2, 0) is 71.3 Å². The third-order valence-electron chi connectivity index (χ3n) is 22.9. The van der Waals surface area contributed by atoms with E-state index in [2.05, 4.69) is 26.8 Å². The fourth-order valence-corrected chi connectivity index (χ4v) is 17.7.